The highest BCUT2D eigenvalue weighted by Gasteiger charge is 2.39. The zero-order chi connectivity index (χ0) is 20.2. The molecule has 0 aromatic heterocycles. The highest BCUT2D eigenvalue weighted by molar-refractivity contribution is 6.60. The first-order chi connectivity index (χ1) is 13.1. The predicted octanol–water partition coefficient (Wildman–Crippen LogP) is 5.28. The Morgan fingerprint density at radius 3 is 2.00 bits per heavy atom. The number of carbonyl (C=O) groups is 1. The zero-order valence-electron chi connectivity index (χ0n) is 18.3. The van der Waals surface area contributed by atoms with E-state index >= 15 is 0 Å². The zero-order valence-corrected chi connectivity index (χ0v) is 19.3. The van der Waals surface area contributed by atoms with Gasteiger partial charge in [-0.25, -0.2) is 0 Å². The van der Waals surface area contributed by atoms with E-state index in [9.17, 15) is 4.79 Å². The van der Waals surface area contributed by atoms with Gasteiger partial charge in [0.2, 0.25) is 5.91 Å². The van der Waals surface area contributed by atoms with Gasteiger partial charge in [-0.05, 0) is 40.0 Å². The average molecular weight is 403 g/mol. The van der Waals surface area contributed by atoms with Crippen LogP contribution in [0.25, 0.3) is 0 Å². The minimum Gasteiger partial charge on any atom is -0.374 e. The third-order valence-corrected chi connectivity index (χ3v) is 7.56. The molecule has 27 heavy (non-hydrogen) atoms. The summed E-state index contributed by atoms with van der Waals surface area (Å²) in [6.07, 6.45) is 13.6. The van der Waals surface area contributed by atoms with Gasteiger partial charge in [-0.2, -0.15) is 0 Å². The topological polar surface area (TPSA) is 56.8 Å². The average Bonchev–Trinajstić information content (AvgIpc) is 2.64. The molecule has 161 valence electrons. The monoisotopic (exact) mass is 402 g/mol. The normalized spacial score (nSPS) is 11.7. The fourth-order valence-electron chi connectivity index (χ4n) is 3.07. The van der Waals surface area contributed by atoms with E-state index in [2.05, 4.69) is 18.7 Å². The Hall–Kier alpha value is -0.433. The molecule has 1 radical (unpaired) electrons. The molecule has 0 aliphatic rings. The molecule has 0 heterocycles. The van der Waals surface area contributed by atoms with Crippen molar-refractivity contribution in [3.63, 3.8) is 0 Å². The molecule has 0 fully saturated rings. The first-order valence-corrected chi connectivity index (χ1v) is 13.1. The van der Waals surface area contributed by atoms with E-state index in [0.29, 0.717) is 32.8 Å². The maximum atomic E-state index is 11.9. The molecule has 0 aromatic carbocycles. The Kier molecular flexibility index (Phi) is 18.6. The molecule has 5 nitrogen and oxygen atoms in total. The second-order valence-electron chi connectivity index (χ2n) is 6.82. The van der Waals surface area contributed by atoms with E-state index in [0.717, 1.165) is 25.3 Å². The molecule has 0 aliphatic carbocycles. The van der Waals surface area contributed by atoms with E-state index < -0.39 is 8.80 Å². The van der Waals surface area contributed by atoms with E-state index in [-0.39, 0.29) is 5.91 Å². The predicted molar refractivity (Wildman–Crippen MR) is 115 cm³/mol. The van der Waals surface area contributed by atoms with Crippen LogP contribution in [0, 0.1) is 6.42 Å². The van der Waals surface area contributed by atoms with Crippen molar-refractivity contribution in [2.75, 3.05) is 26.4 Å². The minimum atomic E-state index is -2.58. The van der Waals surface area contributed by atoms with Crippen LogP contribution in [0.2, 0.25) is 6.04 Å². The number of hydrogen-bond donors (Lipinski definition) is 1. The number of nitrogens with one attached hydrogen (secondary N) is 1. The van der Waals surface area contributed by atoms with Gasteiger partial charge < -0.3 is 18.6 Å². The van der Waals surface area contributed by atoms with Gasteiger partial charge in [-0.15, -0.1) is 0 Å². The molecule has 0 rings (SSSR count). The number of rotatable bonds is 20. The largest absolute Gasteiger partial charge is 0.500 e. The van der Waals surface area contributed by atoms with Crippen LogP contribution < -0.4 is 5.32 Å². The Morgan fingerprint density at radius 2 is 1.41 bits per heavy atom. The molecule has 0 aromatic rings. The highest BCUT2D eigenvalue weighted by Crippen LogP contribution is 2.17. The smallest absolute Gasteiger partial charge is 0.374 e. The van der Waals surface area contributed by atoms with Crippen LogP contribution in [0.15, 0.2) is 0 Å². The summed E-state index contributed by atoms with van der Waals surface area (Å²) in [7, 11) is -2.58. The molecular weight excluding hydrogens is 358 g/mol. The van der Waals surface area contributed by atoms with Crippen molar-refractivity contribution in [3.05, 3.63) is 6.42 Å². The van der Waals surface area contributed by atoms with E-state index in [4.69, 9.17) is 13.3 Å². The van der Waals surface area contributed by atoms with Gasteiger partial charge in [0.05, 0.1) is 0 Å². The highest BCUT2D eigenvalue weighted by atomic mass is 28.4. The lowest BCUT2D eigenvalue weighted by molar-refractivity contribution is -0.121. The van der Waals surface area contributed by atoms with Crippen LogP contribution in [0.3, 0.4) is 0 Å². The van der Waals surface area contributed by atoms with Crippen LogP contribution in [0.5, 0.6) is 0 Å². The molecular formula is C21H44NO4Si. The Labute approximate surface area is 169 Å². The molecule has 0 unspecified atom stereocenters. The van der Waals surface area contributed by atoms with Crippen molar-refractivity contribution >= 4 is 14.7 Å². The number of amides is 1. The third kappa shape index (κ3) is 15.2. The third-order valence-electron chi connectivity index (χ3n) is 4.41. The maximum Gasteiger partial charge on any atom is 0.500 e. The van der Waals surface area contributed by atoms with Gasteiger partial charge in [0, 0.05) is 38.8 Å². The summed E-state index contributed by atoms with van der Waals surface area (Å²) >= 11 is 0. The summed E-state index contributed by atoms with van der Waals surface area (Å²) in [5.74, 6) is 0.130. The van der Waals surface area contributed by atoms with Crippen LogP contribution in [0.4, 0.5) is 0 Å². The lowest BCUT2D eigenvalue weighted by atomic mass is 10.1. The lowest BCUT2D eigenvalue weighted by Crippen LogP contribution is -2.46. The van der Waals surface area contributed by atoms with Crippen LogP contribution in [-0.4, -0.2) is 41.1 Å². The summed E-state index contributed by atoms with van der Waals surface area (Å²) in [5.41, 5.74) is 0. The molecule has 0 aliphatic heterocycles. The van der Waals surface area contributed by atoms with Crippen molar-refractivity contribution in [2.45, 2.75) is 97.9 Å². The molecule has 0 atom stereocenters. The number of unbranched alkanes of at least 4 members (excludes halogenated alkanes) is 8. The quantitative estimate of drug-likeness (QED) is 0.222. The molecule has 6 heteroatoms. The van der Waals surface area contributed by atoms with Gasteiger partial charge in [0.25, 0.3) is 0 Å². The van der Waals surface area contributed by atoms with Crippen molar-refractivity contribution < 1.29 is 18.1 Å². The SMILES string of the molecule is CCCCCCCC[CH]CCC(=O)NCCC[Si](OCC)(OCC)OCC. The molecule has 0 saturated carbocycles. The van der Waals surface area contributed by atoms with Crippen molar-refractivity contribution in [1.29, 1.82) is 0 Å². The van der Waals surface area contributed by atoms with Crippen molar-refractivity contribution in [2.24, 2.45) is 0 Å². The molecule has 0 spiro atoms. The van der Waals surface area contributed by atoms with Crippen molar-refractivity contribution in [1.82, 2.24) is 5.32 Å². The first-order valence-electron chi connectivity index (χ1n) is 11.1. The summed E-state index contributed by atoms with van der Waals surface area (Å²) in [5, 5.41) is 3.00. The number of carbonyl (C=O) groups excluding carboxylic acids is 1. The molecule has 0 bridgehead atoms. The summed E-state index contributed by atoms with van der Waals surface area (Å²) in [6.45, 7) is 10.6. The second kappa shape index (κ2) is 18.9. The number of hydrogen-bond acceptors (Lipinski definition) is 4. The van der Waals surface area contributed by atoms with E-state index in [1.54, 1.807) is 0 Å². The van der Waals surface area contributed by atoms with Gasteiger partial charge >= 0.3 is 8.80 Å². The Balaban J connectivity index is 3.74. The van der Waals surface area contributed by atoms with E-state index in [1.165, 1.54) is 38.5 Å². The standard InChI is InChI=1S/C21H44NO4Si/c1-5-9-10-11-12-13-14-15-16-18-21(23)22-19-17-20-27(24-6-2,25-7-3)26-8-4/h15H,5-14,16-20H2,1-4H3,(H,22,23). The van der Waals surface area contributed by atoms with Gasteiger partial charge in [-0.1, -0.05) is 51.9 Å². The lowest BCUT2D eigenvalue weighted by Gasteiger charge is -2.28. The minimum absolute atomic E-state index is 0.130. The van der Waals surface area contributed by atoms with Crippen LogP contribution in [0.1, 0.15) is 91.9 Å². The first kappa shape index (κ1) is 26.6. The summed E-state index contributed by atoms with van der Waals surface area (Å²) in [6, 6.07) is 0.743. The van der Waals surface area contributed by atoms with Crippen LogP contribution in [-0.2, 0) is 18.1 Å². The van der Waals surface area contributed by atoms with Gasteiger partial charge in [0.1, 0.15) is 0 Å². The van der Waals surface area contributed by atoms with Crippen LogP contribution >= 0.6 is 0 Å². The summed E-state index contributed by atoms with van der Waals surface area (Å²) in [4.78, 5) is 11.9. The van der Waals surface area contributed by atoms with Gasteiger partial charge in [-0.3, -0.25) is 4.79 Å². The fourth-order valence-corrected chi connectivity index (χ4v) is 5.68. The molecule has 0 saturated heterocycles. The van der Waals surface area contributed by atoms with Crippen molar-refractivity contribution in [3.8, 4) is 0 Å². The van der Waals surface area contributed by atoms with Gasteiger partial charge in [0.15, 0.2) is 0 Å². The Bertz CT molecular complexity index is 325. The Morgan fingerprint density at radius 1 is 0.815 bits per heavy atom. The fraction of sp³-hybridized carbons (Fsp3) is 0.905. The molecule has 1 amide bonds. The maximum absolute atomic E-state index is 11.9. The second-order valence-corrected chi connectivity index (χ2v) is 9.55. The molecule has 1 N–H and O–H groups in total. The summed E-state index contributed by atoms with van der Waals surface area (Å²) < 4.78 is 17.5. The van der Waals surface area contributed by atoms with E-state index in [1.807, 2.05) is 20.8 Å².